The van der Waals surface area contributed by atoms with E-state index in [1.165, 1.54) is 21.5 Å². The quantitative estimate of drug-likeness (QED) is 0.159. The predicted octanol–water partition coefficient (Wildman–Crippen LogP) is 16.3. The molecule has 14 rings (SSSR count). The van der Waals surface area contributed by atoms with Crippen molar-refractivity contribution in [2.75, 3.05) is 4.90 Å². The summed E-state index contributed by atoms with van der Waals surface area (Å²) in [7, 11) is 0. The molecule has 328 valence electrons. The molecule has 0 fully saturated rings. The van der Waals surface area contributed by atoms with Crippen molar-refractivity contribution in [2.45, 2.75) is 0 Å². The van der Waals surface area contributed by atoms with E-state index in [1.807, 2.05) is 72.8 Å². The summed E-state index contributed by atoms with van der Waals surface area (Å²) in [5.41, 5.74) is 14.2. The number of hydrogen-bond acceptors (Lipinski definition) is 5. The Hall–Kier alpha value is -9.59. The molecule has 0 aliphatic carbocycles. The maximum Gasteiger partial charge on any atom is 0.164 e. The van der Waals surface area contributed by atoms with Crippen molar-refractivity contribution >= 4 is 60.7 Å². The molecule has 0 radical (unpaired) electrons. The largest absolute Gasteiger partial charge is 0.453 e. The van der Waals surface area contributed by atoms with Crippen LogP contribution in [0.2, 0.25) is 0 Å². The summed E-state index contributed by atoms with van der Waals surface area (Å²) in [6.07, 6.45) is 0. The SMILES string of the molecule is c1ccc(-c2nc(-c3ccccc3)nc(-c3ccc(-c4cc(-n5c6ccccc6c6ccccc65)c(N5c6ccccc6Oc6ccccc65)c(-n5c6ccccc6c6ccccc65)c4)cc3)n2)cc1. The molecule has 70 heavy (non-hydrogen) atoms. The lowest BCUT2D eigenvalue weighted by Crippen LogP contribution is -2.20. The molecular weight excluding hydrogens is 857 g/mol. The highest BCUT2D eigenvalue weighted by atomic mass is 16.5. The minimum atomic E-state index is 0.608. The van der Waals surface area contributed by atoms with Crippen LogP contribution in [0, 0.1) is 0 Å². The maximum atomic E-state index is 6.71. The third-order valence-electron chi connectivity index (χ3n) is 13.5. The Labute approximate surface area is 403 Å². The summed E-state index contributed by atoms with van der Waals surface area (Å²) in [6.45, 7) is 0. The summed E-state index contributed by atoms with van der Waals surface area (Å²) in [5, 5.41) is 4.73. The number of hydrogen-bond donors (Lipinski definition) is 0. The highest BCUT2D eigenvalue weighted by molar-refractivity contribution is 6.13. The Morgan fingerprint density at radius 2 is 0.600 bits per heavy atom. The zero-order chi connectivity index (χ0) is 46.1. The van der Waals surface area contributed by atoms with Crippen molar-refractivity contribution < 1.29 is 4.74 Å². The number of ether oxygens (including phenoxy) is 1. The van der Waals surface area contributed by atoms with Crippen molar-refractivity contribution in [1.29, 1.82) is 0 Å². The van der Waals surface area contributed by atoms with Crippen LogP contribution in [0.1, 0.15) is 0 Å². The zero-order valence-corrected chi connectivity index (χ0v) is 37.7. The van der Waals surface area contributed by atoms with Crippen LogP contribution in [0.3, 0.4) is 0 Å². The third-order valence-corrected chi connectivity index (χ3v) is 13.5. The number of para-hydroxylation sites is 8. The first kappa shape index (κ1) is 39.6. The van der Waals surface area contributed by atoms with Crippen LogP contribution in [0.25, 0.3) is 100 Å². The average molecular weight is 897 g/mol. The fraction of sp³-hybridized carbons (Fsp3) is 0. The Morgan fingerprint density at radius 1 is 0.271 bits per heavy atom. The summed E-state index contributed by atoms with van der Waals surface area (Å²) in [6, 6.07) is 85.3. The van der Waals surface area contributed by atoms with E-state index in [2.05, 4.69) is 184 Å². The summed E-state index contributed by atoms with van der Waals surface area (Å²) >= 11 is 0. The van der Waals surface area contributed by atoms with Gasteiger partial charge in [0.1, 0.15) is 0 Å². The summed E-state index contributed by atoms with van der Waals surface area (Å²) < 4.78 is 11.6. The molecule has 0 amide bonds. The van der Waals surface area contributed by atoms with Crippen LogP contribution < -0.4 is 9.64 Å². The van der Waals surface area contributed by atoms with Crippen molar-refractivity contribution in [1.82, 2.24) is 24.1 Å². The van der Waals surface area contributed by atoms with E-state index in [0.717, 1.165) is 89.8 Å². The number of rotatable bonds is 7. The van der Waals surface area contributed by atoms with Gasteiger partial charge in [-0.3, -0.25) is 4.90 Å². The minimum absolute atomic E-state index is 0.608. The molecule has 7 nitrogen and oxygen atoms in total. The molecule has 0 bridgehead atoms. The molecule has 3 aromatic heterocycles. The molecule has 0 atom stereocenters. The first-order valence-electron chi connectivity index (χ1n) is 23.5. The zero-order valence-electron chi connectivity index (χ0n) is 37.7. The van der Waals surface area contributed by atoms with Crippen LogP contribution in [0.4, 0.5) is 17.1 Å². The second-order valence-electron chi connectivity index (χ2n) is 17.6. The highest BCUT2D eigenvalue weighted by Gasteiger charge is 2.32. The Bertz CT molecular complexity index is 3810. The van der Waals surface area contributed by atoms with Gasteiger partial charge >= 0.3 is 0 Å². The third kappa shape index (κ3) is 6.33. The second kappa shape index (κ2) is 16.0. The molecule has 10 aromatic carbocycles. The molecule has 7 heteroatoms. The standard InChI is InChI=1S/C63H40N6O/c1-3-19-42(20-4-1)61-64-62(43-21-5-2-6-22-43)66-63(65-61)44-37-35-41(36-38-44)45-39-56(67-50-27-11-7-23-46(50)47-24-8-12-28-51(47)67)60(69-54-31-15-17-33-58(54)70-59-34-18-16-32-55(59)69)57(40-45)68-52-29-13-9-25-48(52)49-26-10-14-30-53(49)68/h1-40H. The van der Waals surface area contributed by atoms with E-state index in [4.69, 9.17) is 19.7 Å². The van der Waals surface area contributed by atoms with Gasteiger partial charge < -0.3 is 13.9 Å². The molecule has 1 aliphatic heterocycles. The first-order chi connectivity index (χ1) is 34.7. The van der Waals surface area contributed by atoms with Gasteiger partial charge in [0.05, 0.1) is 50.5 Å². The number of anilines is 3. The molecule has 0 unspecified atom stereocenters. The Morgan fingerprint density at radius 3 is 1.01 bits per heavy atom. The number of benzene rings is 10. The topological polar surface area (TPSA) is 61.0 Å². The number of nitrogens with zero attached hydrogens (tertiary/aromatic N) is 6. The second-order valence-corrected chi connectivity index (χ2v) is 17.6. The molecule has 0 saturated carbocycles. The maximum absolute atomic E-state index is 6.71. The Kier molecular flexibility index (Phi) is 9.07. The summed E-state index contributed by atoms with van der Waals surface area (Å²) in [5.74, 6) is 3.43. The smallest absolute Gasteiger partial charge is 0.164 e. The number of aromatic nitrogens is 5. The van der Waals surface area contributed by atoms with Crippen molar-refractivity contribution in [3.05, 3.63) is 243 Å². The Balaban J connectivity index is 1.07. The van der Waals surface area contributed by atoms with Crippen LogP contribution in [0.5, 0.6) is 11.5 Å². The fourth-order valence-corrected chi connectivity index (χ4v) is 10.4. The van der Waals surface area contributed by atoms with Crippen LogP contribution in [-0.4, -0.2) is 24.1 Å². The van der Waals surface area contributed by atoms with Gasteiger partial charge in [-0.15, -0.1) is 0 Å². The van der Waals surface area contributed by atoms with E-state index in [9.17, 15) is 0 Å². The molecule has 0 spiro atoms. The van der Waals surface area contributed by atoms with Gasteiger partial charge in [0.2, 0.25) is 0 Å². The molecular formula is C63H40N6O. The molecule has 1 aliphatic rings. The summed E-state index contributed by atoms with van der Waals surface area (Å²) in [4.78, 5) is 17.5. The van der Waals surface area contributed by atoms with E-state index in [1.54, 1.807) is 0 Å². The molecule has 0 saturated heterocycles. The normalized spacial score (nSPS) is 12.1. The van der Waals surface area contributed by atoms with Gasteiger partial charge in [0.25, 0.3) is 0 Å². The van der Waals surface area contributed by atoms with Gasteiger partial charge in [0.15, 0.2) is 29.0 Å². The van der Waals surface area contributed by atoms with E-state index >= 15 is 0 Å². The number of fused-ring (bicyclic) bond motifs is 8. The highest BCUT2D eigenvalue weighted by Crippen LogP contribution is 2.55. The van der Waals surface area contributed by atoms with E-state index in [-0.39, 0.29) is 0 Å². The van der Waals surface area contributed by atoms with E-state index < -0.39 is 0 Å². The van der Waals surface area contributed by atoms with Crippen LogP contribution in [0.15, 0.2) is 243 Å². The minimum Gasteiger partial charge on any atom is -0.453 e. The lowest BCUT2D eigenvalue weighted by Gasteiger charge is -2.36. The first-order valence-corrected chi connectivity index (χ1v) is 23.5. The van der Waals surface area contributed by atoms with Crippen molar-refractivity contribution in [3.63, 3.8) is 0 Å². The van der Waals surface area contributed by atoms with Gasteiger partial charge in [-0.05, 0) is 71.8 Å². The lowest BCUT2D eigenvalue weighted by molar-refractivity contribution is 0.477. The van der Waals surface area contributed by atoms with Gasteiger partial charge in [0, 0.05) is 38.2 Å². The predicted molar refractivity (Wildman–Crippen MR) is 285 cm³/mol. The lowest BCUT2D eigenvalue weighted by atomic mass is 9.99. The average Bonchev–Trinajstić information content (AvgIpc) is 3.95. The van der Waals surface area contributed by atoms with Crippen LogP contribution >= 0.6 is 0 Å². The van der Waals surface area contributed by atoms with Gasteiger partial charge in [-0.1, -0.05) is 182 Å². The fourth-order valence-electron chi connectivity index (χ4n) is 10.4. The van der Waals surface area contributed by atoms with Crippen molar-refractivity contribution in [2.24, 2.45) is 0 Å². The van der Waals surface area contributed by atoms with Gasteiger partial charge in [-0.2, -0.15) is 0 Å². The molecule has 13 aromatic rings. The molecule has 4 heterocycles. The van der Waals surface area contributed by atoms with E-state index in [0.29, 0.717) is 17.5 Å². The van der Waals surface area contributed by atoms with Crippen LogP contribution in [-0.2, 0) is 0 Å². The van der Waals surface area contributed by atoms with Gasteiger partial charge in [-0.25, -0.2) is 15.0 Å². The monoisotopic (exact) mass is 896 g/mol. The van der Waals surface area contributed by atoms with Crippen molar-refractivity contribution in [3.8, 4) is 68.2 Å². The molecule has 0 N–H and O–H groups in total.